The molecule has 0 saturated carbocycles. The van der Waals surface area contributed by atoms with E-state index >= 15 is 0 Å². The number of anilines is 1. The standard InChI is InChI=1S/C15H12N2O3/c1-9(18)10-2-4-11(5-3-10)16-15(19)13-8-14-12(17-13)6-7-20-14/h2-8,17H,1H3,(H,16,19). The van der Waals surface area contributed by atoms with E-state index in [4.69, 9.17) is 4.42 Å². The van der Waals surface area contributed by atoms with Gasteiger partial charge < -0.3 is 14.7 Å². The maximum absolute atomic E-state index is 12.0. The van der Waals surface area contributed by atoms with Crippen LogP contribution in [-0.4, -0.2) is 16.7 Å². The minimum absolute atomic E-state index is 0.00685. The van der Waals surface area contributed by atoms with Crippen LogP contribution in [0.15, 0.2) is 47.1 Å². The molecule has 0 unspecified atom stereocenters. The zero-order valence-corrected chi connectivity index (χ0v) is 10.8. The molecule has 1 aromatic carbocycles. The van der Waals surface area contributed by atoms with Crippen molar-refractivity contribution in [3.05, 3.63) is 53.9 Å². The number of nitrogens with one attached hydrogen (secondary N) is 2. The van der Waals surface area contributed by atoms with Crippen molar-refractivity contribution in [1.29, 1.82) is 0 Å². The minimum Gasteiger partial charge on any atom is -0.463 e. The SMILES string of the molecule is CC(=O)c1ccc(NC(=O)c2cc3occc3[nH]2)cc1. The van der Waals surface area contributed by atoms with Crippen LogP contribution in [0, 0.1) is 0 Å². The molecule has 100 valence electrons. The summed E-state index contributed by atoms with van der Waals surface area (Å²) in [5, 5.41) is 2.75. The van der Waals surface area contributed by atoms with E-state index in [0.29, 0.717) is 22.5 Å². The highest BCUT2D eigenvalue weighted by atomic mass is 16.3. The zero-order valence-electron chi connectivity index (χ0n) is 10.8. The highest BCUT2D eigenvalue weighted by Gasteiger charge is 2.11. The molecule has 0 bridgehead atoms. The molecule has 0 aliphatic rings. The van der Waals surface area contributed by atoms with Gasteiger partial charge in [-0.2, -0.15) is 0 Å². The third-order valence-electron chi connectivity index (χ3n) is 3.03. The van der Waals surface area contributed by atoms with Gasteiger partial charge in [0, 0.05) is 23.4 Å². The van der Waals surface area contributed by atoms with Crippen LogP contribution in [0.25, 0.3) is 11.1 Å². The second kappa shape index (κ2) is 4.70. The molecule has 0 spiro atoms. The second-order valence-corrected chi connectivity index (χ2v) is 4.47. The van der Waals surface area contributed by atoms with E-state index in [2.05, 4.69) is 10.3 Å². The molecular weight excluding hydrogens is 256 g/mol. The van der Waals surface area contributed by atoms with Gasteiger partial charge >= 0.3 is 0 Å². The van der Waals surface area contributed by atoms with E-state index in [1.807, 2.05) is 0 Å². The van der Waals surface area contributed by atoms with Gasteiger partial charge in [0.2, 0.25) is 0 Å². The predicted octanol–water partition coefficient (Wildman–Crippen LogP) is 3.22. The molecule has 3 aromatic rings. The van der Waals surface area contributed by atoms with Crippen molar-refractivity contribution in [2.45, 2.75) is 6.92 Å². The van der Waals surface area contributed by atoms with E-state index in [1.165, 1.54) is 6.92 Å². The molecule has 2 heterocycles. The average Bonchev–Trinajstić information content (AvgIpc) is 2.99. The molecule has 20 heavy (non-hydrogen) atoms. The summed E-state index contributed by atoms with van der Waals surface area (Å²) >= 11 is 0. The van der Waals surface area contributed by atoms with Gasteiger partial charge in [0.1, 0.15) is 5.69 Å². The van der Waals surface area contributed by atoms with Crippen molar-refractivity contribution in [3.63, 3.8) is 0 Å². The molecule has 0 aliphatic carbocycles. The number of benzene rings is 1. The van der Waals surface area contributed by atoms with Crippen molar-refractivity contribution < 1.29 is 14.0 Å². The molecule has 0 saturated heterocycles. The van der Waals surface area contributed by atoms with Crippen molar-refractivity contribution >= 4 is 28.5 Å². The van der Waals surface area contributed by atoms with Crippen LogP contribution >= 0.6 is 0 Å². The Labute approximate surface area is 114 Å². The van der Waals surface area contributed by atoms with E-state index in [-0.39, 0.29) is 11.7 Å². The molecular formula is C15H12N2O3. The molecule has 0 aliphatic heterocycles. The number of amides is 1. The zero-order chi connectivity index (χ0) is 14.1. The van der Waals surface area contributed by atoms with Gasteiger partial charge in [0.05, 0.1) is 11.8 Å². The smallest absolute Gasteiger partial charge is 0.272 e. The number of carbonyl (C=O) groups is 2. The first kappa shape index (κ1) is 12.2. The number of aromatic amines is 1. The highest BCUT2D eigenvalue weighted by Crippen LogP contribution is 2.17. The summed E-state index contributed by atoms with van der Waals surface area (Å²) in [5.74, 6) is -0.264. The van der Waals surface area contributed by atoms with Crippen molar-refractivity contribution in [1.82, 2.24) is 4.98 Å². The Bertz CT molecular complexity index is 752. The fourth-order valence-electron chi connectivity index (χ4n) is 1.96. The summed E-state index contributed by atoms with van der Waals surface area (Å²) in [6, 6.07) is 10.2. The Hall–Kier alpha value is -2.82. The molecule has 5 nitrogen and oxygen atoms in total. The molecule has 0 radical (unpaired) electrons. The maximum atomic E-state index is 12.0. The van der Waals surface area contributed by atoms with Crippen molar-refractivity contribution in [3.8, 4) is 0 Å². The summed E-state index contributed by atoms with van der Waals surface area (Å²) < 4.78 is 5.19. The first-order chi connectivity index (χ1) is 9.63. The third-order valence-corrected chi connectivity index (χ3v) is 3.03. The summed E-state index contributed by atoms with van der Waals surface area (Å²) in [6.07, 6.45) is 1.56. The fourth-order valence-corrected chi connectivity index (χ4v) is 1.96. The molecule has 5 heteroatoms. The summed E-state index contributed by atoms with van der Waals surface area (Å²) in [4.78, 5) is 26.2. The number of furan rings is 1. The normalized spacial score (nSPS) is 10.7. The van der Waals surface area contributed by atoms with E-state index in [9.17, 15) is 9.59 Å². The number of rotatable bonds is 3. The summed E-state index contributed by atoms with van der Waals surface area (Å²) in [5.41, 5.74) is 3.09. The lowest BCUT2D eigenvalue weighted by molar-refractivity contribution is 0.101. The topological polar surface area (TPSA) is 75.1 Å². The van der Waals surface area contributed by atoms with Crippen LogP contribution in [0.5, 0.6) is 0 Å². The number of fused-ring (bicyclic) bond motifs is 1. The van der Waals surface area contributed by atoms with E-state index in [0.717, 1.165) is 5.52 Å². The average molecular weight is 268 g/mol. The first-order valence-electron chi connectivity index (χ1n) is 6.12. The Morgan fingerprint density at radius 3 is 2.55 bits per heavy atom. The van der Waals surface area contributed by atoms with Gasteiger partial charge in [-0.05, 0) is 31.2 Å². The van der Waals surface area contributed by atoms with Crippen LogP contribution < -0.4 is 5.32 Å². The Kier molecular flexibility index (Phi) is 2.87. The summed E-state index contributed by atoms with van der Waals surface area (Å²) in [6.45, 7) is 1.50. The molecule has 0 fully saturated rings. The van der Waals surface area contributed by atoms with Gasteiger partial charge in [0.15, 0.2) is 11.4 Å². The number of Topliss-reactive ketones (excluding diaryl/α,β-unsaturated/α-hetero) is 1. The molecule has 2 N–H and O–H groups in total. The molecule has 0 atom stereocenters. The number of ketones is 1. The Balaban J connectivity index is 1.78. The predicted molar refractivity (Wildman–Crippen MR) is 75.0 cm³/mol. The number of aromatic nitrogens is 1. The lowest BCUT2D eigenvalue weighted by atomic mass is 10.1. The Morgan fingerprint density at radius 2 is 1.90 bits per heavy atom. The van der Waals surface area contributed by atoms with Crippen LogP contribution in [-0.2, 0) is 0 Å². The van der Waals surface area contributed by atoms with Crippen LogP contribution in [0.1, 0.15) is 27.8 Å². The number of carbonyl (C=O) groups excluding carboxylic acids is 2. The number of hydrogen-bond acceptors (Lipinski definition) is 3. The first-order valence-corrected chi connectivity index (χ1v) is 6.12. The van der Waals surface area contributed by atoms with E-state index in [1.54, 1.807) is 42.7 Å². The van der Waals surface area contributed by atoms with Gasteiger partial charge in [-0.1, -0.05) is 0 Å². The number of H-pyrrole nitrogens is 1. The molecule has 3 rings (SSSR count). The van der Waals surface area contributed by atoms with Gasteiger partial charge in [-0.15, -0.1) is 0 Å². The van der Waals surface area contributed by atoms with Crippen LogP contribution in [0.3, 0.4) is 0 Å². The van der Waals surface area contributed by atoms with Crippen LogP contribution in [0.2, 0.25) is 0 Å². The fraction of sp³-hybridized carbons (Fsp3) is 0.0667. The highest BCUT2D eigenvalue weighted by molar-refractivity contribution is 6.05. The quantitative estimate of drug-likeness (QED) is 0.716. The minimum atomic E-state index is -0.257. The van der Waals surface area contributed by atoms with Crippen molar-refractivity contribution in [2.75, 3.05) is 5.32 Å². The molecule has 2 aromatic heterocycles. The number of hydrogen-bond donors (Lipinski definition) is 2. The van der Waals surface area contributed by atoms with Gasteiger partial charge in [-0.25, -0.2) is 0 Å². The lowest BCUT2D eigenvalue weighted by Gasteiger charge is -2.04. The molecule has 1 amide bonds. The van der Waals surface area contributed by atoms with Gasteiger partial charge in [0.25, 0.3) is 5.91 Å². The largest absolute Gasteiger partial charge is 0.463 e. The summed E-state index contributed by atoms with van der Waals surface area (Å²) in [7, 11) is 0. The van der Waals surface area contributed by atoms with Gasteiger partial charge in [-0.3, -0.25) is 9.59 Å². The second-order valence-electron chi connectivity index (χ2n) is 4.47. The Morgan fingerprint density at radius 1 is 1.15 bits per heavy atom. The third kappa shape index (κ3) is 2.21. The van der Waals surface area contributed by atoms with Crippen LogP contribution in [0.4, 0.5) is 5.69 Å². The lowest BCUT2D eigenvalue weighted by Crippen LogP contribution is -2.12. The monoisotopic (exact) mass is 268 g/mol. The van der Waals surface area contributed by atoms with Crippen molar-refractivity contribution in [2.24, 2.45) is 0 Å². The maximum Gasteiger partial charge on any atom is 0.272 e. The van der Waals surface area contributed by atoms with E-state index < -0.39 is 0 Å².